The van der Waals surface area contributed by atoms with Crippen LogP contribution >= 0.6 is 0 Å². The lowest BCUT2D eigenvalue weighted by molar-refractivity contribution is -0.138. The lowest BCUT2D eigenvalue weighted by Gasteiger charge is -2.23. The number of carbonyl (C=O) groups is 1. The number of hydrogen-bond donors (Lipinski definition) is 2. The lowest BCUT2D eigenvalue weighted by Crippen LogP contribution is -2.33. The maximum atomic E-state index is 10.9. The first-order valence-electron chi connectivity index (χ1n) is 7.98. The average Bonchev–Trinajstić information content (AvgIpc) is 2.95. The van der Waals surface area contributed by atoms with Gasteiger partial charge in [-0.1, -0.05) is 6.07 Å². The van der Waals surface area contributed by atoms with Crippen molar-refractivity contribution in [2.75, 3.05) is 18.0 Å². The van der Waals surface area contributed by atoms with E-state index in [1.54, 1.807) is 0 Å². The molecule has 0 radical (unpaired) electrons. The summed E-state index contributed by atoms with van der Waals surface area (Å²) >= 11 is 0. The van der Waals surface area contributed by atoms with Crippen LogP contribution in [0.2, 0.25) is 0 Å². The molecule has 0 aromatic heterocycles. The molecule has 0 amide bonds. The fraction of sp³-hybridized carbons (Fsp3) is 0.588. The van der Waals surface area contributed by atoms with Crippen LogP contribution in [0.3, 0.4) is 0 Å². The van der Waals surface area contributed by atoms with Crippen LogP contribution in [-0.4, -0.2) is 30.2 Å². The zero-order chi connectivity index (χ0) is 14.8. The summed E-state index contributed by atoms with van der Waals surface area (Å²) in [5.41, 5.74) is 9.96. The normalized spacial score (nSPS) is 22.9. The molecular formula is C17H24N2O2. The zero-order valence-corrected chi connectivity index (χ0v) is 12.4. The number of anilines is 1. The molecule has 1 heterocycles. The highest BCUT2D eigenvalue weighted by atomic mass is 16.4. The van der Waals surface area contributed by atoms with Crippen LogP contribution in [0.1, 0.15) is 36.8 Å². The van der Waals surface area contributed by atoms with Gasteiger partial charge in [0.05, 0.1) is 0 Å². The summed E-state index contributed by atoms with van der Waals surface area (Å²) in [5, 5.41) is 8.92. The molecule has 1 aromatic rings. The van der Waals surface area contributed by atoms with E-state index in [0.29, 0.717) is 12.3 Å². The standard InChI is InChI=1S/C17H24N2O2/c18-16(17(20)21)9-12-7-8-19(11-12)15-6-5-13-3-1-2-4-14(13)10-15/h5-6,10,12,16H,1-4,7-9,11,18H2,(H,20,21). The van der Waals surface area contributed by atoms with E-state index in [1.165, 1.54) is 42.5 Å². The van der Waals surface area contributed by atoms with Crippen molar-refractivity contribution < 1.29 is 9.90 Å². The van der Waals surface area contributed by atoms with Crippen molar-refractivity contribution in [3.8, 4) is 0 Å². The maximum Gasteiger partial charge on any atom is 0.320 e. The van der Waals surface area contributed by atoms with E-state index in [4.69, 9.17) is 10.8 Å². The fourth-order valence-corrected chi connectivity index (χ4v) is 3.64. The van der Waals surface area contributed by atoms with E-state index in [-0.39, 0.29) is 0 Å². The topological polar surface area (TPSA) is 66.6 Å². The monoisotopic (exact) mass is 288 g/mol. The summed E-state index contributed by atoms with van der Waals surface area (Å²) < 4.78 is 0. The Balaban J connectivity index is 1.64. The van der Waals surface area contributed by atoms with Gasteiger partial charge in [-0.25, -0.2) is 0 Å². The van der Waals surface area contributed by atoms with Crippen molar-refractivity contribution in [3.05, 3.63) is 29.3 Å². The number of carboxylic acids is 1. The number of benzene rings is 1. The Kier molecular flexibility index (Phi) is 4.15. The molecule has 2 unspecified atom stereocenters. The Morgan fingerprint density at radius 1 is 1.33 bits per heavy atom. The average molecular weight is 288 g/mol. The third-order valence-corrected chi connectivity index (χ3v) is 4.89. The second kappa shape index (κ2) is 6.06. The van der Waals surface area contributed by atoms with Gasteiger partial charge in [0.15, 0.2) is 0 Å². The number of aryl methyl sites for hydroxylation is 2. The van der Waals surface area contributed by atoms with Gasteiger partial charge in [-0.2, -0.15) is 0 Å². The minimum absolute atomic E-state index is 0.395. The highest BCUT2D eigenvalue weighted by Crippen LogP contribution is 2.30. The number of carboxylic acid groups (broad SMARTS) is 1. The van der Waals surface area contributed by atoms with E-state index in [1.807, 2.05) is 0 Å². The van der Waals surface area contributed by atoms with Gasteiger partial charge in [-0.15, -0.1) is 0 Å². The molecule has 21 heavy (non-hydrogen) atoms. The van der Waals surface area contributed by atoms with E-state index < -0.39 is 12.0 Å². The minimum Gasteiger partial charge on any atom is -0.480 e. The highest BCUT2D eigenvalue weighted by Gasteiger charge is 2.27. The summed E-state index contributed by atoms with van der Waals surface area (Å²) in [6.07, 6.45) is 6.64. The van der Waals surface area contributed by atoms with Crippen molar-refractivity contribution in [2.24, 2.45) is 11.7 Å². The van der Waals surface area contributed by atoms with Crippen LogP contribution in [0.15, 0.2) is 18.2 Å². The third-order valence-electron chi connectivity index (χ3n) is 4.89. The van der Waals surface area contributed by atoms with Crippen molar-refractivity contribution in [1.82, 2.24) is 0 Å². The van der Waals surface area contributed by atoms with E-state index >= 15 is 0 Å². The predicted molar refractivity (Wildman–Crippen MR) is 83.6 cm³/mol. The summed E-state index contributed by atoms with van der Waals surface area (Å²) in [6.45, 7) is 1.94. The summed E-state index contributed by atoms with van der Waals surface area (Å²) in [6, 6.07) is 6.12. The quantitative estimate of drug-likeness (QED) is 0.891. The number of hydrogen-bond acceptors (Lipinski definition) is 3. The number of nitrogens with two attached hydrogens (primary N) is 1. The molecule has 0 saturated carbocycles. The fourth-order valence-electron chi connectivity index (χ4n) is 3.64. The number of rotatable bonds is 4. The Morgan fingerprint density at radius 3 is 2.86 bits per heavy atom. The Hall–Kier alpha value is -1.55. The lowest BCUT2D eigenvalue weighted by atomic mass is 9.91. The van der Waals surface area contributed by atoms with Crippen LogP contribution in [-0.2, 0) is 17.6 Å². The molecule has 1 aliphatic carbocycles. The van der Waals surface area contributed by atoms with Crippen LogP contribution in [0, 0.1) is 5.92 Å². The van der Waals surface area contributed by atoms with Crippen molar-refractivity contribution in [2.45, 2.75) is 44.6 Å². The van der Waals surface area contributed by atoms with Crippen LogP contribution < -0.4 is 10.6 Å². The molecule has 1 saturated heterocycles. The molecule has 1 aliphatic heterocycles. The summed E-state index contributed by atoms with van der Waals surface area (Å²) in [5.74, 6) is -0.491. The molecule has 4 heteroatoms. The smallest absolute Gasteiger partial charge is 0.320 e. The van der Waals surface area contributed by atoms with Gasteiger partial charge in [-0.05, 0) is 67.7 Å². The van der Waals surface area contributed by atoms with Crippen LogP contribution in [0.25, 0.3) is 0 Å². The Bertz CT molecular complexity index is 530. The second-order valence-electron chi connectivity index (χ2n) is 6.44. The first kappa shape index (κ1) is 14.4. The van der Waals surface area contributed by atoms with Crippen molar-refractivity contribution in [1.29, 1.82) is 0 Å². The highest BCUT2D eigenvalue weighted by molar-refractivity contribution is 5.73. The molecule has 3 rings (SSSR count). The van der Waals surface area contributed by atoms with Crippen molar-refractivity contribution in [3.63, 3.8) is 0 Å². The molecule has 2 atom stereocenters. The number of fused-ring (bicyclic) bond motifs is 1. The number of nitrogens with zero attached hydrogens (tertiary/aromatic N) is 1. The Labute approximate surface area is 125 Å². The molecule has 114 valence electrons. The molecule has 0 spiro atoms. The summed E-state index contributed by atoms with van der Waals surface area (Å²) in [4.78, 5) is 13.2. The molecule has 1 fully saturated rings. The molecule has 4 nitrogen and oxygen atoms in total. The van der Waals surface area contributed by atoms with E-state index in [0.717, 1.165) is 19.5 Å². The van der Waals surface area contributed by atoms with Crippen LogP contribution in [0.4, 0.5) is 5.69 Å². The zero-order valence-electron chi connectivity index (χ0n) is 12.4. The SMILES string of the molecule is NC(CC1CCN(c2ccc3c(c2)CCCC3)C1)C(=O)O. The first-order chi connectivity index (χ1) is 10.1. The third kappa shape index (κ3) is 3.21. The van der Waals surface area contributed by atoms with Gasteiger partial charge >= 0.3 is 5.97 Å². The van der Waals surface area contributed by atoms with Gasteiger partial charge in [0.2, 0.25) is 0 Å². The first-order valence-corrected chi connectivity index (χ1v) is 7.98. The van der Waals surface area contributed by atoms with Gasteiger partial charge in [0.1, 0.15) is 6.04 Å². The largest absolute Gasteiger partial charge is 0.480 e. The van der Waals surface area contributed by atoms with Crippen LogP contribution in [0.5, 0.6) is 0 Å². The predicted octanol–water partition coefficient (Wildman–Crippen LogP) is 2.19. The van der Waals surface area contributed by atoms with Gasteiger partial charge < -0.3 is 15.7 Å². The van der Waals surface area contributed by atoms with E-state index in [2.05, 4.69) is 23.1 Å². The Morgan fingerprint density at radius 2 is 2.10 bits per heavy atom. The number of aliphatic carboxylic acids is 1. The second-order valence-corrected chi connectivity index (χ2v) is 6.44. The van der Waals surface area contributed by atoms with E-state index in [9.17, 15) is 4.79 Å². The van der Waals surface area contributed by atoms with Gasteiger partial charge in [0, 0.05) is 18.8 Å². The molecule has 0 bridgehead atoms. The van der Waals surface area contributed by atoms with Gasteiger partial charge in [-0.3, -0.25) is 4.79 Å². The minimum atomic E-state index is -0.887. The maximum absolute atomic E-state index is 10.9. The molecule has 3 N–H and O–H groups in total. The summed E-state index contributed by atoms with van der Waals surface area (Å²) in [7, 11) is 0. The molecular weight excluding hydrogens is 264 g/mol. The van der Waals surface area contributed by atoms with Crippen molar-refractivity contribution >= 4 is 11.7 Å². The molecule has 1 aromatic carbocycles. The van der Waals surface area contributed by atoms with Gasteiger partial charge in [0.25, 0.3) is 0 Å². The molecule has 2 aliphatic rings.